The topological polar surface area (TPSA) is 91.3 Å². The molecular formula is C15H18FN3O3S. The van der Waals surface area contributed by atoms with Crippen LogP contribution in [0.3, 0.4) is 0 Å². The predicted octanol–water partition coefficient (Wildman–Crippen LogP) is 2.90. The summed E-state index contributed by atoms with van der Waals surface area (Å²) in [7, 11) is 0. The summed E-state index contributed by atoms with van der Waals surface area (Å²) in [5.41, 5.74) is 0.663. The molecule has 0 fully saturated rings. The third-order valence-corrected chi connectivity index (χ3v) is 4.53. The van der Waals surface area contributed by atoms with Crippen LogP contribution >= 0.6 is 11.3 Å². The van der Waals surface area contributed by atoms with E-state index < -0.39 is 24.1 Å². The number of nitrogens with one attached hydrogen (secondary N) is 2. The van der Waals surface area contributed by atoms with E-state index in [1.165, 1.54) is 23.5 Å². The summed E-state index contributed by atoms with van der Waals surface area (Å²) in [6.07, 6.45) is -1.25. The minimum Gasteiger partial charge on any atom is -0.465 e. The minimum absolute atomic E-state index is 0.192. The molecule has 0 aliphatic rings. The third-order valence-electron chi connectivity index (χ3n) is 3.32. The van der Waals surface area contributed by atoms with E-state index in [-0.39, 0.29) is 11.7 Å². The molecule has 124 valence electrons. The molecule has 1 aromatic carbocycles. The lowest BCUT2D eigenvalue weighted by Crippen LogP contribution is -2.49. The van der Waals surface area contributed by atoms with Gasteiger partial charge in [-0.3, -0.25) is 4.79 Å². The molecule has 0 bridgehead atoms. The molecule has 0 aliphatic carbocycles. The third kappa shape index (κ3) is 4.16. The van der Waals surface area contributed by atoms with Crippen molar-refractivity contribution in [3.05, 3.63) is 29.0 Å². The van der Waals surface area contributed by atoms with Crippen LogP contribution in [0.5, 0.6) is 0 Å². The monoisotopic (exact) mass is 339 g/mol. The summed E-state index contributed by atoms with van der Waals surface area (Å²) in [6, 6.07) is 3.07. The van der Waals surface area contributed by atoms with Gasteiger partial charge in [-0.05, 0) is 31.0 Å². The summed E-state index contributed by atoms with van der Waals surface area (Å²) in [4.78, 5) is 27.4. The number of carboxylic acid groups (broad SMARTS) is 1. The van der Waals surface area contributed by atoms with Gasteiger partial charge < -0.3 is 15.7 Å². The zero-order valence-corrected chi connectivity index (χ0v) is 13.8. The van der Waals surface area contributed by atoms with E-state index in [0.29, 0.717) is 15.2 Å². The van der Waals surface area contributed by atoms with Gasteiger partial charge >= 0.3 is 6.09 Å². The van der Waals surface area contributed by atoms with E-state index in [2.05, 4.69) is 15.6 Å². The Kier molecular flexibility index (Phi) is 5.15. The summed E-state index contributed by atoms with van der Waals surface area (Å²) < 4.78 is 13.9. The Balaban J connectivity index is 2.13. The SMILES string of the molecule is CC(NC(=O)C(NC(=O)O)C(C)C)c1nc2ccc(F)cc2s1. The van der Waals surface area contributed by atoms with Crippen molar-refractivity contribution in [1.29, 1.82) is 0 Å². The Morgan fingerprint density at radius 3 is 2.57 bits per heavy atom. The van der Waals surface area contributed by atoms with Crippen LogP contribution in [-0.4, -0.2) is 28.1 Å². The number of nitrogens with zero attached hydrogens (tertiary/aromatic N) is 1. The highest BCUT2D eigenvalue weighted by molar-refractivity contribution is 7.18. The normalized spacial score (nSPS) is 13.8. The number of amides is 2. The van der Waals surface area contributed by atoms with Crippen LogP contribution < -0.4 is 10.6 Å². The summed E-state index contributed by atoms with van der Waals surface area (Å²) in [6.45, 7) is 5.26. The highest BCUT2D eigenvalue weighted by atomic mass is 32.1. The van der Waals surface area contributed by atoms with Gasteiger partial charge in [0.25, 0.3) is 0 Å². The number of aromatic nitrogens is 1. The van der Waals surface area contributed by atoms with Gasteiger partial charge in [0.15, 0.2) is 0 Å². The van der Waals surface area contributed by atoms with Crippen molar-refractivity contribution < 1.29 is 19.1 Å². The number of hydrogen-bond donors (Lipinski definition) is 3. The molecule has 23 heavy (non-hydrogen) atoms. The summed E-state index contributed by atoms with van der Waals surface area (Å²) in [5, 5.41) is 14.4. The fourth-order valence-corrected chi connectivity index (χ4v) is 3.13. The lowest BCUT2D eigenvalue weighted by Gasteiger charge is -2.22. The molecular weight excluding hydrogens is 321 g/mol. The van der Waals surface area contributed by atoms with Crippen molar-refractivity contribution in [2.24, 2.45) is 5.92 Å². The van der Waals surface area contributed by atoms with Crippen molar-refractivity contribution in [2.45, 2.75) is 32.9 Å². The van der Waals surface area contributed by atoms with E-state index in [4.69, 9.17) is 5.11 Å². The van der Waals surface area contributed by atoms with E-state index in [9.17, 15) is 14.0 Å². The van der Waals surface area contributed by atoms with Crippen LogP contribution in [0.15, 0.2) is 18.2 Å². The van der Waals surface area contributed by atoms with Crippen molar-refractivity contribution in [3.63, 3.8) is 0 Å². The quantitative estimate of drug-likeness (QED) is 0.781. The van der Waals surface area contributed by atoms with Gasteiger partial charge in [-0.1, -0.05) is 13.8 Å². The molecule has 0 spiro atoms. The van der Waals surface area contributed by atoms with E-state index in [1.807, 2.05) is 0 Å². The largest absolute Gasteiger partial charge is 0.465 e. The first-order valence-electron chi connectivity index (χ1n) is 7.13. The Bertz CT molecular complexity index is 732. The lowest BCUT2D eigenvalue weighted by atomic mass is 10.0. The lowest BCUT2D eigenvalue weighted by molar-refractivity contribution is -0.124. The summed E-state index contributed by atoms with van der Waals surface area (Å²) >= 11 is 1.29. The van der Waals surface area contributed by atoms with Gasteiger partial charge in [0.05, 0.1) is 16.3 Å². The molecule has 2 rings (SSSR count). The highest BCUT2D eigenvalue weighted by Crippen LogP contribution is 2.27. The zero-order valence-electron chi connectivity index (χ0n) is 13.0. The smallest absolute Gasteiger partial charge is 0.405 e. The number of rotatable bonds is 5. The second-order valence-electron chi connectivity index (χ2n) is 5.57. The predicted molar refractivity (Wildman–Crippen MR) is 85.9 cm³/mol. The molecule has 2 atom stereocenters. The average Bonchev–Trinajstić information content (AvgIpc) is 2.87. The Labute approximate surface area is 136 Å². The molecule has 2 aromatic rings. The van der Waals surface area contributed by atoms with Crippen molar-refractivity contribution in [2.75, 3.05) is 0 Å². The van der Waals surface area contributed by atoms with Crippen LogP contribution in [0.2, 0.25) is 0 Å². The van der Waals surface area contributed by atoms with E-state index in [1.54, 1.807) is 26.8 Å². The van der Waals surface area contributed by atoms with Gasteiger partial charge in [-0.15, -0.1) is 11.3 Å². The second kappa shape index (κ2) is 6.91. The van der Waals surface area contributed by atoms with Crippen LogP contribution in [0.4, 0.5) is 9.18 Å². The fraction of sp³-hybridized carbons (Fsp3) is 0.400. The molecule has 0 aliphatic heterocycles. The molecule has 0 saturated carbocycles. The Morgan fingerprint density at radius 1 is 1.26 bits per heavy atom. The van der Waals surface area contributed by atoms with Gasteiger partial charge in [-0.25, -0.2) is 14.2 Å². The molecule has 2 amide bonds. The molecule has 8 heteroatoms. The van der Waals surface area contributed by atoms with Gasteiger partial charge in [0.2, 0.25) is 5.91 Å². The van der Waals surface area contributed by atoms with Crippen molar-refractivity contribution in [3.8, 4) is 0 Å². The maximum atomic E-state index is 13.2. The maximum absolute atomic E-state index is 13.2. The van der Waals surface area contributed by atoms with Gasteiger partial charge in [0.1, 0.15) is 16.9 Å². The van der Waals surface area contributed by atoms with Crippen molar-refractivity contribution in [1.82, 2.24) is 15.6 Å². The number of fused-ring (bicyclic) bond motifs is 1. The average molecular weight is 339 g/mol. The van der Waals surface area contributed by atoms with E-state index in [0.717, 1.165) is 0 Å². The summed E-state index contributed by atoms with van der Waals surface area (Å²) in [5.74, 6) is -0.946. The van der Waals surface area contributed by atoms with Crippen LogP contribution in [0.1, 0.15) is 31.8 Å². The highest BCUT2D eigenvalue weighted by Gasteiger charge is 2.26. The first kappa shape index (κ1) is 17.1. The number of carbonyl (C=O) groups is 2. The first-order valence-corrected chi connectivity index (χ1v) is 7.95. The van der Waals surface area contributed by atoms with Gasteiger partial charge in [-0.2, -0.15) is 0 Å². The number of carbonyl (C=O) groups excluding carboxylic acids is 1. The first-order chi connectivity index (χ1) is 10.8. The maximum Gasteiger partial charge on any atom is 0.405 e. The number of hydrogen-bond acceptors (Lipinski definition) is 4. The van der Waals surface area contributed by atoms with Crippen LogP contribution in [-0.2, 0) is 4.79 Å². The number of benzene rings is 1. The van der Waals surface area contributed by atoms with Crippen molar-refractivity contribution >= 4 is 33.6 Å². The Hall–Kier alpha value is -2.22. The van der Waals surface area contributed by atoms with Crippen LogP contribution in [0, 0.1) is 11.7 Å². The van der Waals surface area contributed by atoms with E-state index >= 15 is 0 Å². The second-order valence-corrected chi connectivity index (χ2v) is 6.63. The Morgan fingerprint density at radius 2 is 1.96 bits per heavy atom. The molecule has 6 nitrogen and oxygen atoms in total. The number of halogens is 1. The molecule has 0 radical (unpaired) electrons. The molecule has 2 unspecified atom stereocenters. The zero-order chi connectivity index (χ0) is 17.1. The standard InChI is InChI=1S/C15H18FN3O3S/c1-7(2)12(19-15(21)22)13(20)17-8(3)14-18-10-5-4-9(16)6-11(10)23-14/h4-8,12,19H,1-3H3,(H,17,20)(H,21,22). The minimum atomic E-state index is -1.25. The number of thiazole rings is 1. The van der Waals surface area contributed by atoms with Gasteiger partial charge in [0, 0.05) is 0 Å². The molecule has 1 aromatic heterocycles. The van der Waals surface area contributed by atoms with Crippen LogP contribution in [0.25, 0.3) is 10.2 Å². The molecule has 3 N–H and O–H groups in total. The molecule has 0 saturated heterocycles. The molecule has 1 heterocycles. The fourth-order valence-electron chi connectivity index (χ4n) is 2.13.